The average molecular weight is 202 g/mol. The second-order valence-corrected chi connectivity index (χ2v) is 2.86. The van der Waals surface area contributed by atoms with Gasteiger partial charge in [0.1, 0.15) is 5.02 Å². The summed E-state index contributed by atoms with van der Waals surface area (Å²) in [5.74, 6) is 0.190. The molecule has 0 bridgehead atoms. The topological polar surface area (TPSA) is 68.1 Å². The number of nitro groups is 1. The number of halogens is 1. The van der Waals surface area contributed by atoms with Crippen molar-refractivity contribution in [2.24, 2.45) is 0 Å². The van der Waals surface area contributed by atoms with Gasteiger partial charge in [0.25, 0.3) is 0 Å². The number of aryl methyl sites for hydroxylation is 1. The summed E-state index contributed by atoms with van der Waals surface area (Å²) >= 11 is 5.69. The lowest BCUT2D eigenvalue weighted by Gasteiger charge is -2.03. The lowest BCUT2D eigenvalue weighted by atomic mass is 10.3. The van der Waals surface area contributed by atoms with Gasteiger partial charge in [-0.05, 0) is 13.0 Å². The van der Waals surface area contributed by atoms with E-state index in [-0.39, 0.29) is 16.5 Å². The first-order valence-corrected chi connectivity index (χ1v) is 3.93. The van der Waals surface area contributed by atoms with Crippen molar-refractivity contribution in [1.29, 1.82) is 0 Å². The molecule has 0 aliphatic carbocycles. The fourth-order valence-corrected chi connectivity index (χ4v) is 1.29. The summed E-state index contributed by atoms with van der Waals surface area (Å²) in [6.45, 7) is 1.72. The Bertz CT molecular complexity index is 354. The zero-order valence-electron chi connectivity index (χ0n) is 7.17. The van der Waals surface area contributed by atoms with E-state index in [1.165, 1.54) is 6.07 Å². The number of anilines is 1. The highest BCUT2D eigenvalue weighted by molar-refractivity contribution is 6.33. The maximum atomic E-state index is 10.6. The summed E-state index contributed by atoms with van der Waals surface area (Å²) in [4.78, 5) is 13.9. The quantitative estimate of drug-likeness (QED) is 0.587. The van der Waals surface area contributed by atoms with Crippen LogP contribution in [0.5, 0.6) is 0 Å². The Labute approximate surface area is 79.9 Å². The minimum Gasteiger partial charge on any atom is -0.367 e. The lowest BCUT2D eigenvalue weighted by Crippen LogP contribution is -2.01. The first-order chi connectivity index (χ1) is 6.06. The Morgan fingerprint density at radius 2 is 2.31 bits per heavy atom. The van der Waals surface area contributed by atoms with Gasteiger partial charge in [0.15, 0.2) is 0 Å². The molecule has 1 aromatic rings. The molecule has 1 N–H and O–H groups in total. The van der Waals surface area contributed by atoms with Gasteiger partial charge >= 0.3 is 5.69 Å². The summed E-state index contributed by atoms with van der Waals surface area (Å²) < 4.78 is 0. The molecule has 1 heterocycles. The Balaban J connectivity index is 3.38. The van der Waals surface area contributed by atoms with E-state index in [0.717, 1.165) is 0 Å². The van der Waals surface area contributed by atoms with Crippen molar-refractivity contribution < 1.29 is 4.92 Å². The van der Waals surface area contributed by atoms with Crippen LogP contribution < -0.4 is 5.32 Å². The zero-order chi connectivity index (χ0) is 10.0. The molecule has 0 unspecified atom stereocenters. The Kier molecular flexibility index (Phi) is 2.67. The van der Waals surface area contributed by atoms with Crippen molar-refractivity contribution in [1.82, 2.24) is 4.98 Å². The minimum absolute atomic E-state index is 0.0989. The number of nitrogens with one attached hydrogen (secondary N) is 1. The highest BCUT2D eigenvalue weighted by Gasteiger charge is 2.19. The van der Waals surface area contributed by atoms with Gasteiger partial charge in [0, 0.05) is 12.7 Å². The Hall–Kier alpha value is -1.36. The first-order valence-electron chi connectivity index (χ1n) is 3.55. The van der Waals surface area contributed by atoms with E-state index in [1.807, 2.05) is 0 Å². The standard InChI is InChI=1S/C7H8ClN3O2/c1-4-3-5(8)6(11(12)13)7(9-2)10-4/h3H,1-2H3,(H,9,10). The summed E-state index contributed by atoms with van der Waals surface area (Å²) in [6, 6.07) is 1.46. The molecule has 70 valence electrons. The van der Waals surface area contributed by atoms with E-state index in [1.54, 1.807) is 14.0 Å². The lowest BCUT2D eigenvalue weighted by molar-refractivity contribution is -0.384. The minimum atomic E-state index is -0.555. The number of pyridine rings is 1. The molecular weight excluding hydrogens is 194 g/mol. The van der Waals surface area contributed by atoms with Crippen molar-refractivity contribution in [2.45, 2.75) is 6.92 Å². The van der Waals surface area contributed by atoms with Gasteiger partial charge in [-0.25, -0.2) is 4.98 Å². The average Bonchev–Trinajstić information content (AvgIpc) is 2.01. The number of hydrogen-bond acceptors (Lipinski definition) is 4. The molecule has 0 spiro atoms. The molecule has 1 aromatic heterocycles. The maximum Gasteiger partial charge on any atom is 0.329 e. The first kappa shape index (κ1) is 9.73. The number of hydrogen-bond donors (Lipinski definition) is 1. The van der Waals surface area contributed by atoms with Gasteiger partial charge in [-0.1, -0.05) is 11.6 Å². The van der Waals surface area contributed by atoms with Crippen molar-refractivity contribution in [2.75, 3.05) is 12.4 Å². The molecule has 0 aromatic carbocycles. The van der Waals surface area contributed by atoms with Crippen molar-refractivity contribution in [3.63, 3.8) is 0 Å². The van der Waals surface area contributed by atoms with E-state index in [0.29, 0.717) is 5.69 Å². The van der Waals surface area contributed by atoms with Crippen LogP contribution in [0.25, 0.3) is 0 Å². The van der Waals surface area contributed by atoms with Crippen LogP contribution in [-0.4, -0.2) is 17.0 Å². The molecule has 0 aliphatic rings. The monoisotopic (exact) mass is 201 g/mol. The molecule has 0 aliphatic heterocycles. The Morgan fingerprint density at radius 3 is 2.77 bits per heavy atom. The molecule has 5 nitrogen and oxygen atoms in total. The molecule has 0 atom stereocenters. The van der Waals surface area contributed by atoms with Crippen molar-refractivity contribution >= 4 is 23.1 Å². The van der Waals surface area contributed by atoms with Crippen LogP contribution in [0.1, 0.15) is 5.69 Å². The number of nitrogens with zero attached hydrogens (tertiary/aromatic N) is 2. The highest BCUT2D eigenvalue weighted by atomic mass is 35.5. The Morgan fingerprint density at radius 1 is 1.69 bits per heavy atom. The van der Waals surface area contributed by atoms with Crippen LogP contribution in [0.2, 0.25) is 5.02 Å². The van der Waals surface area contributed by atoms with E-state index in [4.69, 9.17) is 11.6 Å². The number of rotatable bonds is 2. The second-order valence-electron chi connectivity index (χ2n) is 2.45. The molecule has 13 heavy (non-hydrogen) atoms. The van der Waals surface area contributed by atoms with Crippen LogP contribution in [-0.2, 0) is 0 Å². The van der Waals surface area contributed by atoms with Crippen LogP contribution in [0.3, 0.4) is 0 Å². The maximum absolute atomic E-state index is 10.6. The predicted octanol–water partition coefficient (Wildman–Crippen LogP) is 1.99. The fourth-order valence-electron chi connectivity index (χ4n) is 0.974. The smallest absolute Gasteiger partial charge is 0.329 e. The molecule has 6 heteroatoms. The molecule has 0 saturated carbocycles. The van der Waals surface area contributed by atoms with Crippen molar-refractivity contribution in [3.05, 3.63) is 26.9 Å². The molecule has 0 amide bonds. The van der Waals surface area contributed by atoms with E-state index >= 15 is 0 Å². The molecular formula is C7H8ClN3O2. The van der Waals surface area contributed by atoms with Gasteiger partial charge in [0.2, 0.25) is 5.82 Å². The summed E-state index contributed by atoms with van der Waals surface area (Å²) in [5, 5.41) is 13.3. The van der Waals surface area contributed by atoms with E-state index in [9.17, 15) is 10.1 Å². The van der Waals surface area contributed by atoms with Gasteiger partial charge < -0.3 is 5.32 Å². The predicted molar refractivity (Wildman–Crippen MR) is 50.2 cm³/mol. The summed E-state index contributed by atoms with van der Waals surface area (Å²) in [6.07, 6.45) is 0. The van der Waals surface area contributed by atoms with Gasteiger partial charge in [-0.15, -0.1) is 0 Å². The van der Waals surface area contributed by atoms with Crippen LogP contribution in [0, 0.1) is 17.0 Å². The highest BCUT2D eigenvalue weighted by Crippen LogP contribution is 2.30. The number of aromatic nitrogens is 1. The van der Waals surface area contributed by atoms with E-state index < -0.39 is 4.92 Å². The third kappa shape index (κ3) is 1.86. The summed E-state index contributed by atoms with van der Waals surface area (Å²) in [7, 11) is 1.56. The van der Waals surface area contributed by atoms with Gasteiger partial charge in [0.05, 0.1) is 4.92 Å². The molecule has 0 fully saturated rings. The van der Waals surface area contributed by atoms with E-state index in [2.05, 4.69) is 10.3 Å². The summed E-state index contributed by atoms with van der Waals surface area (Å²) in [5.41, 5.74) is 0.453. The van der Waals surface area contributed by atoms with Crippen LogP contribution in [0.4, 0.5) is 11.5 Å². The fraction of sp³-hybridized carbons (Fsp3) is 0.286. The van der Waals surface area contributed by atoms with Gasteiger partial charge in [-0.2, -0.15) is 0 Å². The molecule has 1 rings (SSSR count). The second kappa shape index (κ2) is 3.57. The van der Waals surface area contributed by atoms with Crippen molar-refractivity contribution in [3.8, 4) is 0 Å². The molecule has 0 saturated heterocycles. The normalized spacial score (nSPS) is 9.77. The third-order valence-corrected chi connectivity index (χ3v) is 1.78. The largest absolute Gasteiger partial charge is 0.367 e. The van der Waals surface area contributed by atoms with Crippen LogP contribution >= 0.6 is 11.6 Å². The van der Waals surface area contributed by atoms with Crippen LogP contribution in [0.15, 0.2) is 6.07 Å². The molecule has 0 radical (unpaired) electrons. The van der Waals surface area contributed by atoms with Gasteiger partial charge in [-0.3, -0.25) is 10.1 Å². The zero-order valence-corrected chi connectivity index (χ0v) is 7.92. The third-order valence-electron chi connectivity index (χ3n) is 1.49. The SMILES string of the molecule is CNc1nc(C)cc(Cl)c1[N+](=O)[O-].